The Bertz CT molecular complexity index is 745. The van der Waals surface area contributed by atoms with Gasteiger partial charge in [-0.25, -0.2) is 0 Å². The first kappa shape index (κ1) is 20.6. The average Bonchev–Trinajstić information content (AvgIpc) is 3.15. The van der Waals surface area contributed by atoms with Crippen molar-refractivity contribution in [2.75, 3.05) is 19.6 Å². The van der Waals surface area contributed by atoms with Gasteiger partial charge < -0.3 is 15.0 Å². The monoisotopic (exact) mass is 380 g/mol. The highest BCUT2D eigenvalue weighted by Crippen LogP contribution is 2.18. The summed E-state index contributed by atoms with van der Waals surface area (Å²) < 4.78 is 5.82. The van der Waals surface area contributed by atoms with Crippen LogP contribution < -0.4 is 5.32 Å². The molecule has 0 radical (unpaired) electrons. The van der Waals surface area contributed by atoms with Crippen LogP contribution in [0.25, 0.3) is 0 Å². The predicted molar refractivity (Wildman–Crippen MR) is 113 cm³/mol. The van der Waals surface area contributed by atoms with Gasteiger partial charge in [-0.15, -0.1) is 0 Å². The molecule has 1 unspecified atom stereocenters. The first-order chi connectivity index (χ1) is 13.6. The molecule has 1 aliphatic heterocycles. The van der Waals surface area contributed by atoms with E-state index >= 15 is 0 Å². The Kier molecular flexibility index (Phi) is 7.63. The highest BCUT2D eigenvalue weighted by atomic mass is 16.5. The molecule has 0 saturated carbocycles. The van der Waals surface area contributed by atoms with E-state index < -0.39 is 0 Å². The highest BCUT2D eigenvalue weighted by Gasteiger charge is 2.28. The number of carbonyl (C=O) groups is 1. The summed E-state index contributed by atoms with van der Waals surface area (Å²) >= 11 is 0. The second kappa shape index (κ2) is 10.4. The number of amides is 1. The van der Waals surface area contributed by atoms with Gasteiger partial charge >= 0.3 is 0 Å². The number of likely N-dealkylation sites (tertiary alicyclic amines) is 1. The van der Waals surface area contributed by atoms with Crippen molar-refractivity contribution in [3.63, 3.8) is 0 Å². The van der Waals surface area contributed by atoms with Gasteiger partial charge in [-0.3, -0.25) is 4.79 Å². The fourth-order valence-electron chi connectivity index (χ4n) is 3.75. The molecule has 1 heterocycles. The minimum absolute atomic E-state index is 0.121. The molecular weight excluding hydrogens is 348 g/mol. The number of ether oxygens (including phenoxy) is 1. The van der Waals surface area contributed by atoms with Crippen LogP contribution in [0.5, 0.6) is 0 Å². The standard InChI is InChI=1S/C24H32N2O2/c1-19(2)15-26-12-11-23(16-26)24(27)25-14-21-9-6-10-22(13-21)18-28-17-20-7-4-3-5-8-20/h3-10,13,19,23H,11-12,14-18H2,1-2H3,(H,25,27). The summed E-state index contributed by atoms with van der Waals surface area (Å²) in [5.41, 5.74) is 3.42. The normalized spacial score (nSPS) is 17.2. The van der Waals surface area contributed by atoms with Crippen LogP contribution in [0.3, 0.4) is 0 Å². The minimum atomic E-state index is 0.121. The Hall–Kier alpha value is -2.17. The van der Waals surface area contributed by atoms with Gasteiger partial charge in [0, 0.05) is 19.6 Å². The zero-order chi connectivity index (χ0) is 19.8. The Labute approximate surface area is 168 Å². The van der Waals surface area contributed by atoms with Crippen LogP contribution in [0.15, 0.2) is 54.6 Å². The molecule has 1 atom stereocenters. The van der Waals surface area contributed by atoms with Crippen LogP contribution in [0.4, 0.5) is 0 Å². The number of benzene rings is 2. The van der Waals surface area contributed by atoms with Crippen molar-refractivity contribution in [1.82, 2.24) is 10.2 Å². The third-order valence-electron chi connectivity index (χ3n) is 5.10. The fourth-order valence-corrected chi connectivity index (χ4v) is 3.75. The minimum Gasteiger partial charge on any atom is -0.372 e. The number of carbonyl (C=O) groups excluding carboxylic acids is 1. The van der Waals surface area contributed by atoms with E-state index in [0.717, 1.165) is 37.2 Å². The molecule has 4 nitrogen and oxygen atoms in total. The fraction of sp³-hybridized carbons (Fsp3) is 0.458. The molecular formula is C24H32N2O2. The summed E-state index contributed by atoms with van der Waals surface area (Å²) in [6.45, 7) is 9.20. The first-order valence-corrected chi connectivity index (χ1v) is 10.3. The number of nitrogens with one attached hydrogen (secondary N) is 1. The number of rotatable bonds is 9. The smallest absolute Gasteiger partial charge is 0.224 e. The van der Waals surface area contributed by atoms with Gasteiger partial charge in [-0.2, -0.15) is 0 Å². The molecule has 1 aliphatic rings. The van der Waals surface area contributed by atoms with Crippen LogP contribution in [0.2, 0.25) is 0 Å². The van der Waals surface area contributed by atoms with Crippen LogP contribution in [0, 0.1) is 11.8 Å². The lowest BCUT2D eigenvalue weighted by Gasteiger charge is -2.18. The predicted octanol–water partition coefficient (Wildman–Crippen LogP) is 4.00. The Morgan fingerprint density at radius 3 is 2.57 bits per heavy atom. The summed E-state index contributed by atoms with van der Waals surface area (Å²) in [6, 6.07) is 18.5. The van der Waals surface area contributed by atoms with Crippen molar-refractivity contribution >= 4 is 5.91 Å². The molecule has 0 spiro atoms. The highest BCUT2D eigenvalue weighted by molar-refractivity contribution is 5.79. The molecule has 0 aromatic heterocycles. The molecule has 0 aliphatic carbocycles. The Morgan fingerprint density at radius 2 is 1.79 bits per heavy atom. The lowest BCUT2D eigenvalue weighted by molar-refractivity contribution is -0.124. The van der Waals surface area contributed by atoms with Crippen molar-refractivity contribution in [3.8, 4) is 0 Å². The molecule has 1 amide bonds. The molecule has 0 bridgehead atoms. The molecule has 28 heavy (non-hydrogen) atoms. The van der Waals surface area contributed by atoms with Crippen molar-refractivity contribution in [2.24, 2.45) is 11.8 Å². The van der Waals surface area contributed by atoms with Crippen molar-refractivity contribution < 1.29 is 9.53 Å². The maximum absolute atomic E-state index is 12.5. The summed E-state index contributed by atoms with van der Waals surface area (Å²) in [5, 5.41) is 3.12. The van der Waals surface area contributed by atoms with Crippen molar-refractivity contribution in [3.05, 3.63) is 71.3 Å². The van der Waals surface area contributed by atoms with Gasteiger partial charge in [0.15, 0.2) is 0 Å². The zero-order valence-electron chi connectivity index (χ0n) is 17.1. The largest absolute Gasteiger partial charge is 0.372 e. The van der Waals surface area contributed by atoms with Crippen molar-refractivity contribution in [1.29, 1.82) is 0 Å². The van der Waals surface area contributed by atoms with E-state index in [9.17, 15) is 4.79 Å². The molecule has 4 heteroatoms. The van der Waals surface area contributed by atoms with Crippen LogP contribution >= 0.6 is 0 Å². The number of nitrogens with zero attached hydrogens (tertiary/aromatic N) is 1. The molecule has 3 rings (SSSR count). The Morgan fingerprint density at radius 1 is 1.07 bits per heavy atom. The van der Waals surface area contributed by atoms with E-state index in [2.05, 4.69) is 54.4 Å². The molecule has 2 aromatic rings. The average molecular weight is 381 g/mol. The van der Waals surface area contributed by atoms with Crippen molar-refractivity contribution in [2.45, 2.75) is 40.0 Å². The first-order valence-electron chi connectivity index (χ1n) is 10.3. The van der Waals surface area contributed by atoms with Gasteiger partial charge in [0.05, 0.1) is 19.1 Å². The van der Waals surface area contributed by atoms with E-state index in [4.69, 9.17) is 4.74 Å². The third-order valence-corrected chi connectivity index (χ3v) is 5.10. The molecule has 150 valence electrons. The second-order valence-corrected chi connectivity index (χ2v) is 8.16. The van der Waals surface area contributed by atoms with Gasteiger partial charge in [-0.1, -0.05) is 68.4 Å². The van der Waals surface area contributed by atoms with E-state index in [1.165, 1.54) is 5.56 Å². The maximum Gasteiger partial charge on any atom is 0.224 e. The molecule has 2 aromatic carbocycles. The van der Waals surface area contributed by atoms with E-state index in [1.54, 1.807) is 0 Å². The summed E-state index contributed by atoms with van der Waals surface area (Å²) in [5.74, 6) is 0.946. The summed E-state index contributed by atoms with van der Waals surface area (Å²) in [7, 11) is 0. The van der Waals surface area contributed by atoms with E-state index in [1.807, 2.05) is 24.3 Å². The van der Waals surface area contributed by atoms with Crippen LogP contribution in [-0.2, 0) is 29.3 Å². The second-order valence-electron chi connectivity index (χ2n) is 8.16. The SMILES string of the molecule is CC(C)CN1CCC(C(=O)NCc2cccc(COCc3ccccc3)c2)C1. The van der Waals surface area contributed by atoms with Gasteiger partial charge in [0.25, 0.3) is 0 Å². The zero-order valence-corrected chi connectivity index (χ0v) is 17.1. The summed E-state index contributed by atoms with van der Waals surface area (Å²) in [4.78, 5) is 14.9. The summed E-state index contributed by atoms with van der Waals surface area (Å²) in [6.07, 6.45) is 0.964. The molecule has 1 saturated heterocycles. The molecule has 1 fully saturated rings. The number of hydrogen-bond donors (Lipinski definition) is 1. The van der Waals surface area contributed by atoms with Gasteiger partial charge in [-0.05, 0) is 35.6 Å². The van der Waals surface area contributed by atoms with Gasteiger partial charge in [0.1, 0.15) is 0 Å². The quantitative estimate of drug-likeness (QED) is 0.715. The molecule has 1 N–H and O–H groups in total. The Balaban J connectivity index is 1.42. The lowest BCUT2D eigenvalue weighted by atomic mass is 10.1. The van der Waals surface area contributed by atoms with Crippen LogP contribution in [0.1, 0.15) is 37.0 Å². The third kappa shape index (κ3) is 6.47. The van der Waals surface area contributed by atoms with E-state index in [-0.39, 0.29) is 11.8 Å². The lowest BCUT2D eigenvalue weighted by Crippen LogP contribution is -2.33. The van der Waals surface area contributed by atoms with Gasteiger partial charge in [0.2, 0.25) is 5.91 Å². The number of hydrogen-bond acceptors (Lipinski definition) is 3. The van der Waals surface area contributed by atoms with Crippen LogP contribution in [-0.4, -0.2) is 30.4 Å². The maximum atomic E-state index is 12.5. The van der Waals surface area contributed by atoms with E-state index in [0.29, 0.717) is 25.7 Å². The topological polar surface area (TPSA) is 41.6 Å².